The van der Waals surface area contributed by atoms with Crippen molar-refractivity contribution in [1.29, 1.82) is 0 Å². The third-order valence-corrected chi connectivity index (χ3v) is 4.37. The minimum atomic E-state index is 0.811. The van der Waals surface area contributed by atoms with Crippen molar-refractivity contribution in [2.75, 3.05) is 6.54 Å². The van der Waals surface area contributed by atoms with Crippen LogP contribution in [0.15, 0.2) is 47.0 Å². The number of hydrogen-bond acceptors (Lipinski definition) is 4. The number of pyridine rings is 1. The molecule has 1 N–H and O–H groups in total. The number of hydrogen-bond donors (Lipinski definition) is 1. The van der Waals surface area contributed by atoms with Crippen LogP contribution in [0.5, 0.6) is 0 Å². The molecule has 0 radical (unpaired) electrons. The smallest absolute Gasteiger partial charge is 0.174 e. The molecule has 0 spiro atoms. The second-order valence-corrected chi connectivity index (χ2v) is 5.85. The Hall–Kier alpha value is -1.79. The van der Waals surface area contributed by atoms with Crippen LogP contribution in [0.1, 0.15) is 19.0 Å². The number of aryl methyl sites for hydroxylation is 1. The zero-order valence-electron chi connectivity index (χ0n) is 12.3. The van der Waals surface area contributed by atoms with E-state index in [1.807, 2.05) is 42.2 Å². The molecular weight excluding hydrogens is 282 g/mol. The van der Waals surface area contributed by atoms with Gasteiger partial charge < -0.3 is 14.3 Å². The molecule has 0 aromatic carbocycles. The van der Waals surface area contributed by atoms with Gasteiger partial charge in [-0.15, -0.1) is 0 Å². The van der Waals surface area contributed by atoms with E-state index in [0.29, 0.717) is 0 Å². The third kappa shape index (κ3) is 2.96. The highest BCUT2D eigenvalue weighted by Gasteiger charge is 2.14. The van der Waals surface area contributed by atoms with Gasteiger partial charge in [0.25, 0.3) is 0 Å². The molecule has 3 aromatic rings. The van der Waals surface area contributed by atoms with Crippen LogP contribution in [0, 0.1) is 0 Å². The molecule has 0 saturated carbocycles. The van der Waals surface area contributed by atoms with E-state index in [9.17, 15) is 0 Å². The molecule has 0 aliphatic heterocycles. The monoisotopic (exact) mass is 301 g/mol. The molecular formula is C15H19N5S. The zero-order chi connectivity index (χ0) is 14.7. The Kier molecular flexibility index (Phi) is 4.26. The van der Waals surface area contributed by atoms with E-state index in [0.717, 1.165) is 35.3 Å². The minimum Gasteiger partial charge on any atom is -0.329 e. The highest BCUT2D eigenvalue weighted by molar-refractivity contribution is 7.99. The average Bonchev–Trinajstić information content (AvgIpc) is 3.04. The maximum Gasteiger partial charge on any atom is 0.174 e. The van der Waals surface area contributed by atoms with Crippen molar-refractivity contribution in [3.63, 3.8) is 0 Å². The SMILES string of the molecule is CCCNCc1c(Sc2nccn2C)nc2ccccn12. The lowest BCUT2D eigenvalue weighted by atomic mass is 10.4. The first-order valence-corrected chi connectivity index (χ1v) is 7.93. The summed E-state index contributed by atoms with van der Waals surface area (Å²) < 4.78 is 4.16. The molecule has 0 atom stereocenters. The first-order chi connectivity index (χ1) is 10.3. The van der Waals surface area contributed by atoms with Crippen LogP contribution in [0.4, 0.5) is 0 Å². The standard InChI is InChI=1S/C15H19N5S/c1-3-7-16-11-12-14(21-15-17-8-10-19(15)2)18-13-6-4-5-9-20(12)13/h4-6,8-10,16H,3,7,11H2,1-2H3. The lowest BCUT2D eigenvalue weighted by molar-refractivity contribution is 0.652. The van der Waals surface area contributed by atoms with Crippen LogP contribution >= 0.6 is 11.8 Å². The van der Waals surface area contributed by atoms with Gasteiger partial charge in [-0.2, -0.15) is 0 Å². The number of imidazole rings is 2. The molecule has 5 nitrogen and oxygen atoms in total. The fourth-order valence-electron chi connectivity index (χ4n) is 2.19. The molecule has 0 amide bonds. The van der Waals surface area contributed by atoms with Gasteiger partial charge >= 0.3 is 0 Å². The summed E-state index contributed by atoms with van der Waals surface area (Å²) in [5.74, 6) is 0. The van der Waals surface area contributed by atoms with Crippen molar-refractivity contribution < 1.29 is 0 Å². The van der Waals surface area contributed by atoms with E-state index in [-0.39, 0.29) is 0 Å². The first kappa shape index (κ1) is 14.2. The number of fused-ring (bicyclic) bond motifs is 1. The van der Waals surface area contributed by atoms with Crippen LogP contribution in [-0.2, 0) is 13.6 Å². The van der Waals surface area contributed by atoms with Crippen LogP contribution in [0.2, 0.25) is 0 Å². The minimum absolute atomic E-state index is 0.811. The molecule has 3 heterocycles. The van der Waals surface area contributed by atoms with Crippen molar-refractivity contribution >= 4 is 17.4 Å². The van der Waals surface area contributed by atoms with E-state index < -0.39 is 0 Å². The Morgan fingerprint density at radius 1 is 1.29 bits per heavy atom. The van der Waals surface area contributed by atoms with Crippen molar-refractivity contribution in [3.8, 4) is 0 Å². The highest BCUT2D eigenvalue weighted by Crippen LogP contribution is 2.29. The maximum atomic E-state index is 4.74. The second kappa shape index (κ2) is 6.32. The largest absolute Gasteiger partial charge is 0.329 e. The lowest BCUT2D eigenvalue weighted by Gasteiger charge is -2.06. The Morgan fingerprint density at radius 3 is 2.95 bits per heavy atom. The summed E-state index contributed by atoms with van der Waals surface area (Å²) in [7, 11) is 2.00. The summed E-state index contributed by atoms with van der Waals surface area (Å²) in [6, 6.07) is 6.08. The number of nitrogens with one attached hydrogen (secondary N) is 1. The third-order valence-electron chi connectivity index (χ3n) is 3.28. The maximum absolute atomic E-state index is 4.74. The predicted molar refractivity (Wildman–Crippen MR) is 84.5 cm³/mol. The van der Waals surface area contributed by atoms with E-state index >= 15 is 0 Å². The fraction of sp³-hybridized carbons (Fsp3) is 0.333. The normalized spacial score (nSPS) is 11.3. The van der Waals surface area contributed by atoms with Gasteiger partial charge in [0, 0.05) is 32.2 Å². The van der Waals surface area contributed by atoms with Crippen LogP contribution in [0.25, 0.3) is 5.65 Å². The van der Waals surface area contributed by atoms with Gasteiger partial charge in [-0.25, -0.2) is 9.97 Å². The van der Waals surface area contributed by atoms with Gasteiger partial charge in [-0.3, -0.25) is 0 Å². The zero-order valence-corrected chi connectivity index (χ0v) is 13.1. The topological polar surface area (TPSA) is 47.2 Å². The number of aromatic nitrogens is 4. The number of nitrogens with zero attached hydrogens (tertiary/aromatic N) is 4. The molecule has 0 bridgehead atoms. The summed E-state index contributed by atoms with van der Waals surface area (Å²) in [6.45, 7) is 3.99. The molecule has 6 heteroatoms. The molecule has 0 fully saturated rings. The van der Waals surface area contributed by atoms with E-state index in [4.69, 9.17) is 4.98 Å². The summed E-state index contributed by atoms with van der Waals surface area (Å²) in [4.78, 5) is 9.12. The van der Waals surface area contributed by atoms with E-state index in [1.54, 1.807) is 11.8 Å². The molecule has 0 aliphatic rings. The second-order valence-electron chi connectivity index (χ2n) is 4.89. The van der Waals surface area contributed by atoms with Gasteiger partial charge in [-0.1, -0.05) is 13.0 Å². The molecule has 3 rings (SSSR count). The Balaban J connectivity index is 1.95. The number of rotatable bonds is 6. The van der Waals surface area contributed by atoms with E-state index in [1.165, 1.54) is 5.69 Å². The fourth-order valence-corrected chi connectivity index (χ4v) is 3.11. The van der Waals surface area contributed by atoms with Crippen molar-refractivity contribution in [1.82, 2.24) is 24.3 Å². The van der Waals surface area contributed by atoms with Crippen LogP contribution < -0.4 is 5.32 Å². The molecule has 110 valence electrons. The molecule has 21 heavy (non-hydrogen) atoms. The summed E-state index contributed by atoms with van der Waals surface area (Å²) in [5.41, 5.74) is 2.16. The van der Waals surface area contributed by atoms with Crippen LogP contribution in [-0.4, -0.2) is 25.5 Å². The van der Waals surface area contributed by atoms with Crippen molar-refractivity contribution in [2.24, 2.45) is 7.05 Å². The molecule has 3 aromatic heterocycles. The first-order valence-electron chi connectivity index (χ1n) is 7.11. The summed E-state index contributed by atoms with van der Waals surface area (Å²) >= 11 is 1.61. The Morgan fingerprint density at radius 2 is 2.19 bits per heavy atom. The van der Waals surface area contributed by atoms with Gasteiger partial charge in [0.15, 0.2) is 5.16 Å². The van der Waals surface area contributed by atoms with Gasteiger partial charge in [0.2, 0.25) is 0 Å². The average molecular weight is 301 g/mol. The van der Waals surface area contributed by atoms with Crippen LogP contribution in [0.3, 0.4) is 0 Å². The van der Waals surface area contributed by atoms with Gasteiger partial charge in [-0.05, 0) is 36.9 Å². The predicted octanol–water partition coefficient (Wildman–Crippen LogP) is 2.72. The molecule has 0 aliphatic carbocycles. The molecule has 0 saturated heterocycles. The summed E-state index contributed by atoms with van der Waals surface area (Å²) in [6.07, 6.45) is 6.95. The van der Waals surface area contributed by atoms with Gasteiger partial charge in [0.05, 0.1) is 5.69 Å². The highest BCUT2D eigenvalue weighted by atomic mass is 32.2. The molecule has 0 unspecified atom stereocenters. The Labute approximate surface area is 128 Å². The summed E-state index contributed by atoms with van der Waals surface area (Å²) in [5, 5.41) is 5.43. The Bertz CT molecular complexity index is 731. The quantitative estimate of drug-likeness (QED) is 0.711. The lowest BCUT2D eigenvalue weighted by Crippen LogP contribution is -2.15. The van der Waals surface area contributed by atoms with E-state index in [2.05, 4.69) is 27.8 Å². The van der Waals surface area contributed by atoms with Crippen molar-refractivity contribution in [2.45, 2.75) is 30.1 Å². The van der Waals surface area contributed by atoms with Gasteiger partial charge in [0.1, 0.15) is 10.7 Å². The van der Waals surface area contributed by atoms with Crippen molar-refractivity contribution in [3.05, 3.63) is 42.5 Å².